The molecular weight excluding hydrogens is 312 g/mol. The second-order valence-corrected chi connectivity index (χ2v) is 5.34. The zero-order valence-corrected chi connectivity index (χ0v) is 13.7. The van der Waals surface area contributed by atoms with E-state index in [-0.39, 0.29) is 29.5 Å². The molecule has 24 heavy (non-hydrogen) atoms. The number of benzene rings is 2. The number of ketones is 1. The van der Waals surface area contributed by atoms with Gasteiger partial charge in [-0.05, 0) is 29.8 Å². The van der Waals surface area contributed by atoms with E-state index >= 15 is 0 Å². The summed E-state index contributed by atoms with van der Waals surface area (Å²) in [5, 5.41) is 9.91. The molecule has 1 aliphatic heterocycles. The first-order valence-electron chi connectivity index (χ1n) is 7.40. The zero-order chi connectivity index (χ0) is 17.3. The summed E-state index contributed by atoms with van der Waals surface area (Å²) in [6.07, 6.45) is -0.309. The molecule has 6 nitrogen and oxygen atoms in total. The Morgan fingerprint density at radius 3 is 2.46 bits per heavy atom. The van der Waals surface area contributed by atoms with E-state index in [4.69, 9.17) is 18.9 Å². The van der Waals surface area contributed by atoms with Crippen LogP contribution in [0.4, 0.5) is 0 Å². The molecule has 0 aromatic heterocycles. The van der Waals surface area contributed by atoms with Gasteiger partial charge in [-0.2, -0.15) is 0 Å². The van der Waals surface area contributed by atoms with Crippen LogP contribution in [0.5, 0.6) is 28.7 Å². The van der Waals surface area contributed by atoms with Crippen molar-refractivity contribution in [1.29, 1.82) is 0 Å². The third kappa shape index (κ3) is 2.60. The highest BCUT2D eigenvalue weighted by Crippen LogP contribution is 2.46. The predicted octanol–water partition coefficient (Wildman–Crippen LogP) is 3.12. The van der Waals surface area contributed by atoms with Crippen molar-refractivity contribution < 1.29 is 28.8 Å². The molecule has 6 heteroatoms. The van der Waals surface area contributed by atoms with Crippen molar-refractivity contribution in [2.45, 2.75) is 12.5 Å². The Morgan fingerprint density at radius 2 is 1.79 bits per heavy atom. The lowest BCUT2D eigenvalue weighted by atomic mass is 9.95. The monoisotopic (exact) mass is 330 g/mol. The lowest BCUT2D eigenvalue weighted by Crippen LogP contribution is -2.21. The van der Waals surface area contributed by atoms with Gasteiger partial charge in [0.1, 0.15) is 6.10 Å². The summed E-state index contributed by atoms with van der Waals surface area (Å²) >= 11 is 0. The van der Waals surface area contributed by atoms with Crippen molar-refractivity contribution in [1.82, 2.24) is 0 Å². The van der Waals surface area contributed by atoms with E-state index in [0.717, 1.165) is 5.56 Å². The molecule has 1 N–H and O–H groups in total. The van der Waals surface area contributed by atoms with E-state index in [2.05, 4.69) is 0 Å². The van der Waals surface area contributed by atoms with Gasteiger partial charge >= 0.3 is 0 Å². The van der Waals surface area contributed by atoms with E-state index in [1.807, 2.05) is 6.07 Å². The van der Waals surface area contributed by atoms with E-state index < -0.39 is 6.10 Å². The van der Waals surface area contributed by atoms with Crippen LogP contribution >= 0.6 is 0 Å². The van der Waals surface area contributed by atoms with Gasteiger partial charge in [-0.1, -0.05) is 6.07 Å². The fourth-order valence-corrected chi connectivity index (χ4v) is 2.79. The van der Waals surface area contributed by atoms with Gasteiger partial charge in [0.05, 0.1) is 33.3 Å². The average molecular weight is 330 g/mol. The number of methoxy groups -OCH3 is 3. The van der Waals surface area contributed by atoms with Gasteiger partial charge in [-0.25, -0.2) is 0 Å². The molecule has 0 bridgehead atoms. The van der Waals surface area contributed by atoms with Crippen LogP contribution in [-0.4, -0.2) is 32.2 Å². The Morgan fingerprint density at radius 1 is 1.04 bits per heavy atom. The molecule has 0 amide bonds. The third-order valence-electron chi connectivity index (χ3n) is 4.01. The number of hydrogen-bond acceptors (Lipinski definition) is 6. The molecule has 1 aliphatic rings. The lowest BCUT2D eigenvalue weighted by molar-refractivity contribution is 0.0841. The number of phenols is 1. The van der Waals surface area contributed by atoms with Gasteiger partial charge in [-0.15, -0.1) is 0 Å². The Bertz CT molecular complexity index is 783. The molecule has 0 saturated heterocycles. The van der Waals surface area contributed by atoms with Crippen molar-refractivity contribution in [3.8, 4) is 28.7 Å². The number of rotatable bonds is 4. The average Bonchev–Trinajstić information content (AvgIpc) is 2.60. The Hall–Kier alpha value is -2.89. The van der Waals surface area contributed by atoms with Crippen LogP contribution in [0.2, 0.25) is 0 Å². The number of fused-ring (bicyclic) bond motifs is 1. The minimum atomic E-state index is -0.500. The standard InChI is InChI=1S/C18H18O6/c1-21-14-7-4-10(8-16(14)22-2)15-9-13(20)11-5-6-12(19)18(23-3)17(11)24-15/h4-8,15,19H,9H2,1-3H3. The highest BCUT2D eigenvalue weighted by atomic mass is 16.5. The van der Waals surface area contributed by atoms with Gasteiger partial charge in [0.2, 0.25) is 5.75 Å². The van der Waals surface area contributed by atoms with Crippen molar-refractivity contribution in [3.05, 3.63) is 41.5 Å². The number of aromatic hydroxyl groups is 1. The Labute approximate surface area is 139 Å². The van der Waals surface area contributed by atoms with Crippen LogP contribution < -0.4 is 18.9 Å². The number of phenolic OH excluding ortho intramolecular Hbond substituents is 1. The first-order valence-corrected chi connectivity index (χ1v) is 7.40. The highest BCUT2D eigenvalue weighted by Gasteiger charge is 2.31. The maximum absolute atomic E-state index is 12.5. The van der Waals surface area contributed by atoms with Crippen molar-refractivity contribution in [3.63, 3.8) is 0 Å². The highest BCUT2D eigenvalue weighted by molar-refractivity contribution is 6.01. The van der Waals surface area contributed by atoms with Crippen LogP contribution in [0.3, 0.4) is 0 Å². The van der Waals surface area contributed by atoms with Gasteiger partial charge in [0.25, 0.3) is 0 Å². The molecule has 1 atom stereocenters. The summed E-state index contributed by atoms with van der Waals surface area (Å²) in [6, 6.07) is 8.32. The van der Waals surface area contributed by atoms with Crippen LogP contribution in [0.25, 0.3) is 0 Å². The number of hydrogen-bond donors (Lipinski definition) is 1. The lowest BCUT2D eigenvalue weighted by Gasteiger charge is -2.27. The molecule has 2 aromatic carbocycles. The predicted molar refractivity (Wildman–Crippen MR) is 86.5 cm³/mol. The van der Waals surface area contributed by atoms with Crippen LogP contribution in [0.15, 0.2) is 30.3 Å². The summed E-state index contributed by atoms with van der Waals surface area (Å²) in [5.74, 6) is 1.42. The molecular formula is C18H18O6. The van der Waals surface area contributed by atoms with Crippen molar-refractivity contribution in [2.75, 3.05) is 21.3 Å². The summed E-state index contributed by atoms with van der Waals surface area (Å²) in [7, 11) is 4.52. The maximum Gasteiger partial charge on any atom is 0.203 e. The van der Waals surface area contributed by atoms with Gasteiger partial charge in [0, 0.05) is 0 Å². The molecule has 2 aromatic rings. The van der Waals surface area contributed by atoms with Crippen LogP contribution in [0.1, 0.15) is 28.4 Å². The maximum atomic E-state index is 12.5. The molecule has 1 unspecified atom stereocenters. The van der Waals surface area contributed by atoms with E-state index in [9.17, 15) is 9.90 Å². The van der Waals surface area contributed by atoms with Crippen molar-refractivity contribution in [2.24, 2.45) is 0 Å². The number of ether oxygens (including phenoxy) is 4. The summed E-state index contributed by atoms with van der Waals surface area (Å²) in [6.45, 7) is 0. The Kier molecular flexibility index (Phi) is 4.20. The van der Waals surface area contributed by atoms with E-state index in [0.29, 0.717) is 17.1 Å². The van der Waals surface area contributed by atoms with Crippen molar-refractivity contribution >= 4 is 5.78 Å². The third-order valence-corrected chi connectivity index (χ3v) is 4.01. The summed E-state index contributed by atoms with van der Waals surface area (Å²) in [4.78, 5) is 12.5. The van der Waals surface area contributed by atoms with Gasteiger partial charge in [0.15, 0.2) is 28.8 Å². The van der Waals surface area contributed by atoms with Gasteiger partial charge in [-0.3, -0.25) is 4.79 Å². The minimum Gasteiger partial charge on any atom is -0.504 e. The first-order chi connectivity index (χ1) is 11.6. The molecule has 0 aliphatic carbocycles. The quantitative estimate of drug-likeness (QED) is 0.928. The van der Waals surface area contributed by atoms with E-state index in [1.54, 1.807) is 32.4 Å². The second-order valence-electron chi connectivity index (χ2n) is 5.34. The smallest absolute Gasteiger partial charge is 0.203 e. The fraction of sp³-hybridized carbons (Fsp3) is 0.278. The molecule has 3 rings (SSSR count). The SMILES string of the molecule is COc1ccc(C2CC(=O)c3ccc(O)c(OC)c3O2)cc1OC. The molecule has 0 radical (unpaired) electrons. The molecule has 0 fully saturated rings. The normalized spacial score (nSPS) is 16.1. The summed E-state index contributed by atoms with van der Waals surface area (Å²) < 4.78 is 21.7. The van der Waals surface area contributed by atoms with Gasteiger partial charge < -0.3 is 24.1 Å². The largest absolute Gasteiger partial charge is 0.504 e. The Balaban J connectivity index is 2.01. The molecule has 0 saturated carbocycles. The molecule has 0 spiro atoms. The number of carbonyl (C=O) groups excluding carboxylic acids is 1. The minimum absolute atomic E-state index is 0.0722. The van der Waals surface area contributed by atoms with Crippen LogP contribution in [0, 0.1) is 0 Å². The zero-order valence-electron chi connectivity index (χ0n) is 13.7. The second kappa shape index (κ2) is 6.31. The first kappa shape index (κ1) is 16.0. The number of carbonyl (C=O) groups is 1. The molecule has 126 valence electrons. The summed E-state index contributed by atoms with van der Waals surface area (Å²) in [5.41, 5.74) is 1.18. The van der Waals surface area contributed by atoms with Crippen LogP contribution in [-0.2, 0) is 0 Å². The molecule has 1 heterocycles. The topological polar surface area (TPSA) is 74.2 Å². The van der Waals surface area contributed by atoms with E-state index in [1.165, 1.54) is 13.2 Å². The number of Topliss-reactive ketones (excluding diaryl/α,β-unsaturated/α-hetero) is 1. The fourth-order valence-electron chi connectivity index (χ4n) is 2.79.